The standard InChI is InChI=1S/C51H41Br3Cl2N2O/c1-32-19-20-33(2)58(32)43(51(3,4)5)30-29-40(31-57-49-41(55)17-12-18-42(49)56)59-50-46(36-21-25-38(52)26-22-36)44(34-13-8-6-9-14-34)48(54)45(35-15-10-7-11-16-35)47(50)37-23-27-39(53)28-24-37/h6-29,31,40H,1-5H3/t30?,40-/m0/s1. The van der Waals surface area contributed by atoms with Gasteiger partial charge in [0.05, 0.1) is 27.6 Å². The molecule has 59 heavy (non-hydrogen) atoms. The average Bonchev–Trinajstić information content (AvgIpc) is 3.54. The predicted molar refractivity (Wildman–Crippen MR) is 261 cm³/mol. The molecule has 0 unspecified atom stereocenters. The first-order valence-corrected chi connectivity index (χ1v) is 22.2. The Kier molecular flexibility index (Phi) is 13.4. The largest absolute Gasteiger partial charge is 0.479 e. The number of hydrogen-bond donors (Lipinski definition) is 0. The molecule has 0 fully saturated rings. The summed E-state index contributed by atoms with van der Waals surface area (Å²) in [5.74, 6) is 0.668. The number of rotatable bonds is 10. The fraction of sp³-hybridized carbons (Fsp3) is 0.137. The van der Waals surface area contributed by atoms with Crippen LogP contribution >= 0.6 is 71.0 Å². The van der Waals surface area contributed by atoms with E-state index >= 15 is 0 Å². The molecule has 7 aromatic rings. The maximum atomic E-state index is 7.55. The summed E-state index contributed by atoms with van der Waals surface area (Å²) in [4.78, 5) is 4.92. The normalized spacial score (nSPS) is 12.0. The van der Waals surface area contributed by atoms with Crippen LogP contribution in [0.4, 0.5) is 5.69 Å². The lowest BCUT2D eigenvalue weighted by molar-refractivity contribution is 0.320. The summed E-state index contributed by atoms with van der Waals surface area (Å²) in [6.45, 7) is 10.8. The van der Waals surface area contributed by atoms with Gasteiger partial charge < -0.3 is 9.30 Å². The second-order valence-corrected chi connectivity index (χ2v) is 18.6. The zero-order valence-corrected chi connectivity index (χ0v) is 39.5. The highest BCUT2D eigenvalue weighted by molar-refractivity contribution is 9.11. The summed E-state index contributed by atoms with van der Waals surface area (Å²) in [7, 11) is 0. The number of benzene rings is 6. The Morgan fingerprint density at radius 1 is 0.610 bits per heavy atom. The molecular formula is C51H41Br3Cl2N2O. The Morgan fingerprint density at radius 3 is 1.49 bits per heavy atom. The van der Waals surface area contributed by atoms with Crippen molar-refractivity contribution in [3.05, 3.63) is 186 Å². The van der Waals surface area contributed by atoms with Crippen molar-refractivity contribution in [3.63, 3.8) is 0 Å². The van der Waals surface area contributed by atoms with Gasteiger partial charge in [-0.05, 0) is 101 Å². The lowest BCUT2D eigenvalue weighted by atomic mass is 9.84. The van der Waals surface area contributed by atoms with Gasteiger partial charge in [0.2, 0.25) is 0 Å². The third-order valence-electron chi connectivity index (χ3n) is 9.92. The van der Waals surface area contributed by atoms with Crippen LogP contribution in [0.1, 0.15) is 32.2 Å². The summed E-state index contributed by atoms with van der Waals surface area (Å²) in [6, 6.07) is 47.2. The van der Waals surface area contributed by atoms with E-state index in [0.29, 0.717) is 21.5 Å². The molecular weight excluding hydrogens is 967 g/mol. The smallest absolute Gasteiger partial charge is 0.159 e. The monoisotopic (exact) mass is 1000 g/mol. The van der Waals surface area contributed by atoms with Crippen LogP contribution in [0.3, 0.4) is 0 Å². The molecule has 1 atom stereocenters. The first-order valence-electron chi connectivity index (χ1n) is 19.1. The van der Waals surface area contributed by atoms with Crippen molar-refractivity contribution in [2.24, 2.45) is 10.4 Å². The number of aryl methyl sites for hydroxylation is 2. The van der Waals surface area contributed by atoms with E-state index in [-0.39, 0.29) is 5.41 Å². The number of para-hydroxylation sites is 1. The van der Waals surface area contributed by atoms with Gasteiger partial charge in [0, 0.05) is 58.6 Å². The van der Waals surface area contributed by atoms with Crippen molar-refractivity contribution < 1.29 is 4.74 Å². The highest BCUT2D eigenvalue weighted by Crippen LogP contribution is 2.55. The molecule has 3 nitrogen and oxygen atoms in total. The molecule has 0 saturated heterocycles. The van der Waals surface area contributed by atoms with E-state index in [1.807, 2.05) is 24.3 Å². The van der Waals surface area contributed by atoms with E-state index < -0.39 is 6.10 Å². The van der Waals surface area contributed by atoms with Gasteiger partial charge in [0.1, 0.15) is 5.75 Å². The van der Waals surface area contributed by atoms with Gasteiger partial charge in [-0.1, -0.05) is 173 Å². The maximum absolute atomic E-state index is 7.55. The summed E-state index contributed by atoms with van der Waals surface area (Å²) in [5, 5.41) is 0.877. The Hall–Kier alpha value is -4.39. The fourth-order valence-corrected chi connectivity index (χ4v) is 9.03. The van der Waals surface area contributed by atoms with Crippen LogP contribution in [0.15, 0.2) is 170 Å². The topological polar surface area (TPSA) is 26.5 Å². The predicted octanol–water partition coefficient (Wildman–Crippen LogP) is 17.3. The van der Waals surface area contributed by atoms with Crippen molar-refractivity contribution in [1.82, 2.24) is 4.57 Å². The van der Waals surface area contributed by atoms with Gasteiger partial charge in [-0.15, -0.1) is 0 Å². The summed E-state index contributed by atoms with van der Waals surface area (Å²) >= 11 is 25.0. The molecule has 296 valence electrons. The minimum absolute atomic E-state index is 0.275. The van der Waals surface area contributed by atoms with E-state index in [1.54, 1.807) is 18.3 Å². The Balaban J connectivity index is 1.63. The van der Waals surface area contributed by atoms with E-state index in [2.05, 4.69) is 202 Å². The van der Waals surface area contributed by atoms with E-state index in [9.17, 15) is 0 Å². The minimum Gasteiger partial charge on any atom is -0.479 e. The molecule has 1 aromatic heterocycles. The number of nitrogens with zero attached hydrogens (tertiary/aromatic N) is 2. The number of aliphatic imine (C=N–C) groups is 1. The summed E-state index contributed by atoms with van der Waals surface area (Å²) in [5.41, 5.74) is 14.9. The Bertz CT molecular complexity index is 2560. The summed E-state index contributed by atoms with van der Waals surface area (Å²) in [6.07, 6.45) is 2.96. The van der Waals surface area contributed by atoms with Crippen LogP contribution in [-0.4, -0.2) is 16.9 Å². The quantitative estimate of drug-likeness (QED) is 0.0991. The van der Waals surface area contributed by atoms with Crippen molar-refractivity contribution in [1.29, 1.82) is 0 Å². The molecule has 7 rings (SSSR count). The van der Waals surface area contributed by atoms with Gasteiger partial charge in [-0.2, -0.15) is 0 Å². The first-order chi connectivity index (χ1) is 28.3. The molecule has 8 heteroatoms. The van der Waals surface area contributed by atoms with E-state index in [4.69, 9.17) is 32.9 Å². The third-order valence-corrected chi connectivity index (χ3v) is 12.4. The zero-order valence-electron chi connectivity index (χ0n) is 33.2. The molecule has 0 bridgehead atoms. The van der Waals surface area contributed by atoms with E-state index in [0.717, 1.165) is 75.0 Å². The Morgan fingerprint density at radius 2 is 1.05 bits per heavy atom. The first kappa shape index (κ1) is 42.7. The van der Waals surface area contributed by atoms with Crippen LogP contribution in [-0.2, 0) is 0 Å². The highest BCUT2D eigenvalue weighted by Gasteiger charge is 2.29. The lowest BCUT2D eigenvalue weighted by Crippen LogP contribution is -2.18. The van der Waals surface area contributed by atoms with Crippen molar-refractivity contribution >= 4 is 88.6 Å². The molecule has 0 saturated carbocycles. The number of ether oxygens (including phenoxy) is 1. The molecule has 0 N–H and O–H groups in total. The lowest BCUT2D eigenvalue weighted by Gasteiger charge is -2.27. The van der Waals surface area contributed by atoms with Gasteiger partial charge in [-0.3, -0.25) is 4.99 Å². The molecule has 0 radical (unpaired) electrons. The van der Waals surface area contributed by atoms with Gasteiger partial charge >= 0.3 is 0 Å². The zero-order chi connectivity index (χ0) is 41.8. The Labute approximate surface area is 382 Å². The molecule has 0 aliphatic rings. The average molecular weight is 1010 g/mol. The van der Waals surface area contributed by atoms with Crippen LogP contribution in [0, 0.1) is 19.3 Å². The van der Waals surface area contributed by atoms with Crippen LogP contribution in [0.25, 0.3) is 50.2 Å². The maximum Gasteiger partial charge on any atom is 0.159 e. The van der Waals surface area contributed by atoms with E-state index in [1.165, 1.54) is 0 Å². The number of hydrogen-bond acceptors (Lipinski definition) is 2. The van der Waals surface area contributed by atoms with Gasteiger partial charge in [0.25, 0.3) is 0 Å². The van der Waals surface area contributed by atoms with Crippen molar-refractivity contribution in [2.45, 2.75) is 40.7 Å². The highest BCUT2D eigenvalue weighted by atomic mass is 79.9. The van der Waals surface area contributed by atoms with Crippen molar-refractivity contribution in [2.75, 3.05) is 0 Å². The van der Waals surface area contributed by atoms with Crippen LogP contribution in [0.5, 0.6) is 5.75 Å². The van der Waals surface area contributed by atoms with Crippen molar-refractivity contribution in [3.8, 4) is 50.3 Å². The van der Waals surface area contributed by atoms with Crippen LogP contribution < -0.4 is 4.74 Å². The molecule has 0 aliphatic carbocycles. The van der Waals surface area contributed by atoms with Gasteiger partial charge in [-0.25, -0.2) is 0 Å². The molecule has 1 heterocycles. The SMILES string of the molecule is Cc1ccc(C)n1C(=C=C[C@@H](C=Nc1c(Cl)cccc1Cl)Oc1c(-c2ccc(Br)cc2)c(-c2ccccc2)c(Br)c(-c2ccccc2)c1-c1ccc(Br)cc1)C(C)(C)C. The number of aromatic nitrogens is 1. The second-order valence-electron chi connectivity index (χ2n) is 15.2. The minimum atomic E-state index is -0.757. The number of halogens is 5. The van der Waals surface area contributed by atoms with Gasteiger partial charge in [0.15, 0.2) is 6.10 Å². The fourth-order valence-electron chi connectivity index (χ4n) is 7.15. The third kappa shape index (κ3) is 9.50. The molecule has 0 spiro atoms. The van der Waals surface area contributed by atoms with Crippen LogP contribution in [0.2, 0.25) is 10.0 Å². The summed E-state index contributed by atoms with van der Waals surface area (Å²) < 4.78 is 12.7. The second kappa shape index (κ2) is 18.5. The molecule has 0 amide bonds. The molecule has 0 aliphatic heterocycles. The molecule has 6 aromatic carbocycles.